The highest BCUT2D eigenvalue weighted by atomic mass is 35.5. The zero-order valence-corrected chi connectivity index (χ0v) is 29.2. The zero-order chi connectivity index (χ0) is 32.1. The average Bonchev–Trinajstić information content (AvgIpc) is 2.94. The Morgan fingerprint density at radius 3 is 2.23 bits per heavy atom. The largest absolute Gasteiger partial charge is 0.367 e. The van der Waals surface area contributed by atoms with Crippen LogP contribution in [-0.4, -0.2) is 22.4 Å². The molecule has 6 rings (SSSR count). The molecule has 5 aliphatic rings. The van der Waals surface area contributed by atoms with Gasteiger partial charge in [-0.25, -0.2) is 0 Å². The molecule has 4 fully saturated rings. The van der Waals surface area contributed by atoms with Gasteiger partial charge in [-0.05, 0) is 119 Å². The van der Waals surface area contributed by atoms with Crippen molar-refractivity contribution in [1.29, 1.82) is 0 Å². The number of halogens is 1. The third-order valence-electron chi connectivity index (χ3n) is 15.5. The first-order valence-electron chi connectivity index (χ1n) is 17.2. The first kappa shape index (κ1) is 32.5. The topological polar surface area (TPSA) is 63.6 Å². The summed E-state index contributed by atoms with van der Waals surface area (Å²) in [5.74, 6) is 0.334. The predicted octanol–water partition coefficient (Wildman–Crippen LogP) is 9.27. The summed E-state index contributed by atoms with van der Waals surface area (Å²) < 4.78 is 6.17. The van der Waals surface area contributed by atoms with Crippen LogP contribution >= 0.6 is 11.6 Å². The molecule has 0 aliphatic heterocycles. The van der Waals surface area contributed by atoms with Crippen LogP contribution in [0.2, 0.25) is 0 Å². The van der Waals surface area contributed by atoms with Crippen molar-refractivity contribution < 1.29 is 19.4 Å². The highest BCUT2D eigenvalue weighted by Crippen LogP contribution is 2.78. The fourth-order valence-electron chi connectivity index (χ4n) is 12.4. The normalized spacial score (nSPS) is 46.9. The molecule has 242 valence electrons. The van der Waals surface area contributed by atoms with E-state index in [0.29, 0.717) is 6.61 Å². The van der Waals surface area contributed by atoms with Crippen molar-refractivity contribution in [3.63, 3.8) is 0 Å². The standard InChI is InChI=1S/C39H55ClO4/c1-33(2)26(31(40)42)14-16-36(5)28(33)15-17-38(7)30(36)27(41)22-29-37(38,6)21-20-35(4)19-18-34(3,24-39(29,35)8)32(43)44-23-25-12-10-9-11-13-25/h9-13,22,26,28,30,32,43H,14-21,23-24H2,1-8H3/t26-,28+,30-,32?,34+,35?,36+,37-,38-,39?/m1/s1. The van der Waals surface area contributed by atoms with E-state index in [9.17, 15) is 14.7 Å². The maximum atomic E-state index is 14.7. The van der Waals surface area contributed by atoms with E-state index in [0.717, 1.165) is 63.4 Å². The van der Waals surface area contributed by atoms with Crippen molar-refractivity contribution >= 4 is 22.6 Å². The van der Waals surface area contributed by atoms with E-state index in [-0.39, 0.29) is 61.3 Å². The number of hydrogen-bond acceptors (Lipinski definition) is 4. The Labute approximate surface area is 270 Å². The third-order valence-corrected chi connectivity index (χ3v) is 15.7. The number of aliphatic hydroxyl groups excluding tert-OH is 1. The molecule has 4 saturated carbocycles. The van der Waals surface area contributed by atoms with Crippen LogP contribution in [0.25, 0.3) is 0 Å². The van der Waals surface area contributed by atoms with Crippen LogP contribution in [0.1, 0.15) is 119 Å². The first-order valence-corrected chi connectivity index (χ1v) is 17.6. The lowest BCUT2D eigenvalue weighted by molar-refractivity contribution is -0.225. The Hall–Kier alpha value is -1.49. The number of carbonyl (C=O) groups is 2. The third kappa shape index (κ3) is 4.28. The van der Waals surface area contributed by atoms with Crippen LogP contribution < -0.4 is 0 Å². The molecule has 1 aromatic carbocycles. The van der Waals surface area contributed by atoms with Crippen molar-refractivity contribution in [3.8, 4) is 0 Å². The summed E-state index contributed by atoms with van der Waals surface area (Å²) in [4.78, 5) is 27.3. The van der Waals surface area contributed by atoms with Gasteiger partial charge < -0.3 is 9.84 Å². The van der Waals surface area contributed by atoms with Gasteiger partial charge in [-0.2, -0.15) is 0 Å². The fourth-order valence-corrected chi connectivity index (χ4v) is 12.8. The molecular weight excluding hydrogens is 568 g/mol. The van der Waals surface area contributed by atoms with Gasteiger partial charge in [0.1, 0.15) is 0 Å². The lowest BCUT2D eigenvalue weighted by atomic mass is 9.31. The van der Waals surface area contributed by atoms with Gasteiger partial charge in [-0.1, -0.05) is 91.3 Å². The van der Waals surface area contributed by atoms with Crippen molar-refractivity contribution in [2.24, 2.45) is 55.7 Å². The van der Waals surface area contributed by atoms with Gasteiger partial charge in [0.15, 0.2) is 12.1 Å². The number of benzene rings is 1. The van der Waals surface area contributed by atoms with E-state index in [1.807, 2.05) is 30.3 Å². The Morgan fingerprint density at radius 1 is 0.909 bits per heavy atom. The van der Waals surface area contributed by atoms with Crippen LogP contribution in [0, 0.1) is 55.7 Å². The minimum Gasteiger partial charge on any atom is -0.367 e. The second-order valence-corrected chi connectivity index (χ2v) is 18.2. The molecular formula is C39H55ClO4. The Balaban J connectivity index is 1.37. The average molecular weight is 623 g/mol. The van der Waals surface area contributed by atoms with E-state index in [4.69, 9.17) is 16.3 Å². The quantitative estimate of drug-likeness (QED) is 0.262. The van der Waals surface area contributed by atoms with E-state index in [2.05, 4.69) is 61.5 Å². The van der Waals surface area contributed by atoms with E-state index in [1.54, 1.807) is 0 Å². The monoisotopic (exact) mass is 622 g/mol. The van der Waals surface area contributed by atoms with Crippen LogP contribution in [0.4, 0.5) is 0 Å². The summed E-state index contributed by atoms with van der Waals surface area (Å²) in [5.41, 5.74) is 1.10. The SMILES string of the molecule is CC1(C)[C@@H](C(=O)Cl)CC[C@]2(C)[C@H]3C(=O)C=C4C5(C)C[C@@](C)(C(O)OCc6ccccc6)CCC5(C)CC[C@@]4(C)[C@]3(C)CC[C@@H]12. The van der Waals surface area contributed by atoms with Gasteiger partial charge in [0.25, 0.3) is 0 Å². The van der Waals surface area contributed by atoms with Crippen molar-refractivity contribution in [2.45, 2.75) is 126 Å². The fraction of sp³-hybridized carbons (Fsp3) is 0.744. The number of ketones is 1. The number of fused-ring (bicyclic) bond motifs is 7. The molecule has 0 heterocycles. The Kier molecular flexibility index (Phi) is 7.56. The highest BCUT2D eigenvalue weighted by Gasteiger charge is 2.72. The van der Waals surface area contributed by atoms with Crippen molar-refractivity contribution in [1.82, 2.24) is 0 Å². The number of carbonyl (C=O) groups excluding carboxylic acids is 2. The van der Waals surface area contributed by atoms with Gasteiger partial charge in [0, 0.05) is 17.3 Å². The van der Waals surface area contributed by atoms with E-state index < -0.39 is 11.7 Å². The van der Waals surface area contributed by atoms with Gasteiger partial charge in [0.05, 0.1) is 6.61 Å². The van der Waals surface area contributed by atoms with Gasteiger partial charge in [0.2, 0.25) is 5.24 Å². The number of ether oxygens (including phenoxy) is 1. The van der Waals surface area contributed by atoms with E-state index in [1.165, 1.54) is 5.57 Å². The summed E-state index contributed by atoms with van der Waals surface area (Å²) in [6.07, 6.45) is 9.77. The first-order chi connectivity index (χ1) is 20.4. The molecule has 44 heavy (non-hydrogen) atoms. The molecule has 10 atom stereocenters. The number of hydrogen-bond donors (Lipinski definition) is 1. The molecule has 0 amide bonds. The Bertz CT molecular complexity index is 1370. The maximum absolute atomic E-state index is 14.7. The van der Waals surface area contributed by atoms with Gasteiger partial charge in [-0.3, -0.25) is 9.59 Å². The molecule has 4 nitrogen and oxygen atoms in total. The maximum Gasteiger partial charge on any atom is 0.225 e. The smallest absolute Gasteiger partial charge is 0.225 e. The molecule has 3 unspecified atom stereocenters. The molecule has 5 heteroatoms. The molecule has 0 saturated heterocycles. The summed E-state index contributed by atoms with van der Waals surface area (Å²) >= 11 is 6.17. The predicted molar refractivity (Wildman–Crippen MR) is 176 cm³/mol. The molecule has 1 aromatic rings. The number of aliphatic hydroxyl groups is 1. The molecule has 0 aromatic heterocycles. The van der Waals surface area contributed by atoms with Crippen LogP contribution in [0.5, 0.6) is 0 Å². The molecule has 5 aliphatic carbocycles. The van der Waals surface area contributed by atoms with Crippen molar-refractivity contribution in [3.05, 3.63) is 47.5 Å². The van der Waals surface area contributed by atoms with Crippen LogP contribution in [-0.2, 0) is 20.9 Å². The highest BCUT2D eigenvalue weighted by molar-refractivity contribution is 6.64. The molecule has 0 bridgehead atoms. The second kappa shape index (κ2) is 10.3. The second-order valence-electron chi connectivity index (χ2n) is 17.8. The van der Waals surface area contributed by atoms with Gasteiger partial charge in [-0.15, -0.1) is 0 Å². The minimum absolute atomic E-state index is 0.0579. The summed E-state index contributed by atoms with van der Waals surface area (Å²) in [5, 5.41) is 11.3. The molecule has 1 N–H and O–H groups in total. The number of allylic oxidation sites excluding steroid dienone is 2. The van der Waals surface area contributed by atoms with Gasteiger partial charge >= 0.3 is 0 Å². The van der Waals surface area contributed by atoms with Crippen molar-refractivity contribution in [2.75, 3.05) is 0 Å². The van der Waals surface area contributed by atoms with Crippen LogP contribution in [0.3, 0.4) is 0 Å². The van der Waals surface area contributed by atoms with Crippen LogP contribution in [0.15, 0.2) is 42.0 Å². The molecule has 0 radical (unpaired) electrons. The lowest BCUT2D eigenvalue weighted by Gasteiger charge is -2.72. The van der Waals surface area contributed by atoms with E-state index >= 15 is 0 Å². The summed E-state index contributed by atoms with van der Waals surface area (Å²) in [7, 11) is 0. The lowest BCUT2D eigenvalue weighted by Crippen LogP contribution is -2.67. The summed E-state index contributed by atoms with van der Waals surface area (Å²) in [6.45, 7) is 19.1. The Morgan fingerprint density at radius 2 is 1.57 bits per heavy atom. The minimum atomic E-state index is -0.878. The molecule has 0 spiro atoms. The number of rotatable bonds is 5. The summed E-state index contributed by atoms with van der Waals surface area (Å²) in [6, 6.07) is 10.1. The zero-order valence-electron chi connectivity index (χ0n) is 28.4.